The van der Waals surface area contributed by atoms with Crippen LogP contribution in [0, 0.1) is 0 Å². The van der Waals surface area contributed by atoms with Crippen molar-refractivity contribution in [3.63, 3.8) is 0 Å². The standard InChI is InChI=1S/C21H22N4O/c1-3-25(18-12-8-5-9-13-18)21(26)19-14-20(23-16-22-19)24(2)15-17-10-6-4-7-11-17/h4-14,16H,3,15H2,1-2H3. The van der Waals surface area contributed by atoms with Crippen LogP contribution in [0.4, 0.5) is 11.5 Å². The SMILES string of the molecule is CCN(C(=O)c1cc(N(C)Cc2ccccc2)ncn1)c1ccccc1. The van der Waals surface area contributed by atoms with Crippen LogP contribution in [0.25, 0.3) is 0 Å². The van der Waals surface area contributed by atoms with Gasteiger partial charge in [-0.3, -0.25) is 4.79 Å². The molecule has 0 radical (unpaired) electrons. The van der Waals surface area contributed by atoms with Crippen LogP contribution in [0.2, 0.25) is 0 Å². The zero-order valence-corrected chi connectivity index (χ0v) is 15.0. The minimum Gasteiger partial charge on any atom is -0.355 e. The molecule has 2 aromatic carbocycles. The molecule has 0 fully saturated rings. The molecule has 5 nitrogen and oxygen atoms in total. The van der Waals surface area contributed by atoms with Crippen LogP contribution in [-0.4, -0.2) is 29.5 Å². The zero-order chi connectivity index (χ0) is 18.4. The zero-order valence-electron chi connectivity index (χ0n) is 15.0. The van der Waals surface area contributed by atoms with Crippen molar-refractivity contribution in [2.75, 3.05) is 23.4 Å². The number of aromatic nitrogens is 2. The van der Waals surface area contributed by atoms with Gasteiger partial charge in [-0.2, -0.15) is 0 Å². The van der Waals surface area contributed by atoms with E-state index in [1.54, 1.807) is 11.0 Å². The predicted molar refractivity (Wildman–Crippen MR) is 104 cm³/mol. The Balaban J connectivity index is 1.81. The number of para-hydroxylation sites is 1. The fraction of sp³-hybridized carbons (Fsp3) is 0.190. The molecule has 26 heavy (non-hydrogen) atoms. The molecule has 0 aliphatic rings. The van der Waals surface area contributed by atoms with E-state index in [9.17, 15) is 4.79 Å². The van der Waals surface area contributed by atoms with Gasteiger partial charge in [0.2, 0.25) is 0 Å². The van der Waals surface area contributed by atoms with Gasteiger partial charge in [0.1, 0.15) is 17.8 Å². The molecule has 3 rings (SSSR count). The number of benzene rings is 2. The van der Waals surface area contributed by atoms with E-state index >= 15 is 0 Å². The number of anilines is 2. The van der Waals surface area contributed by atoms with E-state index in [2.05, 4.69) is 22.1 Å². The smallest absolute Gasteiger partial charge is 0.277 e. The first-order valence-corrected chi connectivity index (χ1v) is 8.63. The fourth-order valence-electron chi connectivity index (χ4n) is 2.80. The molecule has 0 spiro atoms. The number of amides is 1. The summed E-state index contributed by atoms with van der Waals surface area (Å²) in [5.41, 5.74) is 2.43. The summed E-state index contributed by atoms with van der Waals surface area (Å²) in [4.78, 5) is 25.2. The molecule has 0 aliphatic heterocycles. The van der Waals surface area contributed by atoms with E-state index in [0.717, 1.165) is 11.5 Å². The quantitative estimate of drug-likeness (QED) is 0.681. The summed E-state index contributed by atoms with van der Waals surface area (Å²) in [5.74, 6) is 0.590. The molecule has 0 aliphatic carbocycles. The first-order chi connectivity index (χ1) is 12.7. The minimum atomic E-state index is -0.129. The molecule has 0 saturated carbocycles. The van der Waals surface area contributed by atoms with Gasteiger partial charge in [-0.05, 0) is 24.6 Å². The van der Waals surface area contributed by atoms with Crippen LogP contribution in [-0.2, 0) is 6.54 Å². The third-order valence-corrected chi connectivity index (χ3v) is 4.15. The minimum absolute atomic E-state index is 0.129. The van der Waals surface area contributed by atoms with Crippen molar-refractivity contribution in [3.8, 4) is 0 Å². The summed E-state index contributed by atoms with van der Waals surface area (Å²) in [5, 5.41) is 0. The normalized spacial score (nSPS) is 10.4. The topological polar surface area (TPSA) is 49.3 Å². The third kappa shape index (κ3) is 4.06. The van der Waals surface area contributed by atoms with Gasteiger partial charge in [0.05, 0.1) is 0 Å². The predicted octanol–water partition coefficient (Wildman–Crippen LogP) is 3.78. The van der Waals surface area contributed by atoms with Gasteiger partial charge in [-0.25, -0.2) is 9.97 Å². The van der Waals surface area contributed by atoms with Gasteiger partial charge in [-0.15, -0.1) is 0 Å². The number of carbonyl (C=O) groups excluding carboxylic acids is 1. The maximum absolute atomic E-state index is 12.9. The van der Waals surface area contributed by atoms with E-state index < -0.39 is 0 Å². The molecule has 0 saturated heterocycles. The molecule has 0 unspecified atom stereocenters. The van der Waals surface area contributed by atoms with Gasteiger partial charge in [0.15, 0.2) is 0 Å². The Bertz CT molecular complexity index is 852. The number of rotatable bonds is 6. The second kappa shape index (κ2) is 8.25. The van der Waals surface area contributed by atoms with Gasteiger partial charge >= 0.3 is 0 Å². The maximum atomic E-state index is 12.9. The van der Waals surface area contributed by atoms with E-state index in [-0.39, 0.29) is 5.91 Å². The maximum Gasteiger partial charge on any atom is 0.277 e. The molecule has 0 bridgehead atoms. The van der Waals surface area contributed by atoms with Crippen molar-refractivity contribution in [2.24, 2.45) is 0 Å². The molecule has 3 aromatic rings. The Morgan fingerprint density at radius 1 is 0.962 bits per heavy atom. The van der Waals surface area contributed by atoms with Crippen molar-refractivity contribution in [2.45, 2.75) is 13.5 Å². The molecule has 5 heteroatoms. The summed E-state index contributed by atoms with van der Waals surface area (Å²) < 4.78 is 0. The molecule has 1 heterocycles. The molecule has 1 aromatic heterocycles. The highest BCUT2D eigenvalue weighted by atomic mass is 16.2. The van der Waals surface area contributed by atoms with Gasteiger partial charge in [0, 0.05) is 31.9 Å². The lowest BCUT2D eigenvalue weighted by Crippen LogP contribution is -2.31. The lowest BCUT2D eigenvalue weighted by Gasteiger charge is -2.22. The first-order valence-electron chi connectivity index (χ1n) is 8.63. The summed E-state index contributed by atoms with van der Waals surface area (Å²) in [6, 6.07) is 21.5. The largest absolute Gasteiger partial charge is 0.355 e. The summed E-state index contributed by atoms with van der Waals surface area (Å²) in [6.07, 6.45) is 1.45. The lowest BCUT2D eigenvalue weighted by molar-refractivity contribution is 0.0983. The third-order valence-electron chi connectivity index (χ3n) is 4.15. The average molecular weight is 346 g/mol. The van der Waals surface area contributed by atoms with E-state index in [1.807, 2.05) is 67.4 Å². The number of nitrogens with zero attached hydrogens (tertiary/aromatic N) is 4. The van der Waals surface area contributed by atoms with Gasteiger partial charge < -0.3 is 9.80 Å². The van der Waals surface area contributed by atoms with Crippen LogP contribution in [0.5, 0.6) is 0 Å². The fourth-order valence-corrected chi connectivity index (χ4v) is 2.80. The molecular weight excluding hydrogens is 324 g/mol. The highest BCUT2D eigenvalue weighted by Gasteiger charge is 2.18. The summed E-state index contributed by atoms with van der Waals surface area (Å²) in [7, 11) is 1.96. The number of hydrogen-bond acceptors (Lipinski definition) is 4. The van der Waals surface area contributed by atoms with Gasteiger partial charge in [-0.1, -0.05) is 48.5 Å². The van der Waals surface area contributed by atoms with Crippen LogP contribution >= 0.6 is 0 Å². The summed E-state index contributed by atoms with van der Waals surface area (Å²) in [6.45, 7) is 3.23. The van der Waals surface area contributed by atoms with Crippen LogP contribution in [0.1, 0.15) is 23.0 Å². The Labute approximate surface area is 153 Å². The van der Waals surface area contributed by atoms with Crippen molar-refractivity contribution in [3.05, 3.63) is 84.3 Å². The Kier molecular flexibility index (Phi) is 5.59. The monoisotopic (exact) mass is 346 g/mol. The van der Waals surface area contributed by atoms with Crippen molar-refractivity contribution >= 4 is 17.4 Å². The molecular formula is C21H22N4O. The Morgan fingerprint density at radius 2 is 1.62 bits per heavy atom. The highest BCUT2D eigenvalue weighted by molar-refractivity contribution is 6.05. The Hall–Kier alpha value is -3.21. The molecule has 132 valence electrons. The second-order valence-corrected chi connectivity index (χ2v) is 5.99. The van der Waals surface area contributed by atoms with Crippen molar-refractivity contribution < 1.29 is 4.79 Å². The van der Waals surface area contributed by atoms with Crippen LogP contribution in [0.3, 0.4) is 0 Å². The first kappa shape index (κ1) is 17.6. The van der Waals surface area contributed by atoms with Crippen molar-refractivity contribution in [1.82, 2.24) is 9.97 Å². The van der Waals surface area contributed by atoms with Crippen LogP contribution < -0.4 is 9.80 Å². The molecule has 0 atom stereocenters. The second-order valence-electron chi connectivity index (χ2n) is 5.99. The van der Waals surface area contributed by atoms with Gasteiger partial charge in [0.25, 0.3) is 5.91 Å². The number of carbonyl (C=O) groups is 1. The average Bonchev–Trinajstić information content (AvgIpc) is 2.70. The van der Waals surface area contributed by atoms with Crippen LogP contribution in [0.15, 0.2) is 73.1 Å². The molecule has 1 amide bonds. The number of hydrogen-bond donors (Lipinski definition) is 0. The lowest BCUT2D eigenvalue weighted by atomic mass is 10.2. The molecule has 0 N–H and O–H groups in total. The summed E-state index contributed by atoms with van der Waals surface area (Å²) >= 11 is 0. The highest BCUT2D eigenvalue weighted by Crippen LogP contribution is 2.18. The van der Waals surface area contributed by atoms with Crippen molar-refractivity contribution in [1.29, 1.82) is 0 Å². The Morgan fingerprint density at radius 3 is 2.27 bits per heavy atom. The van der Waals surface area contributed by atoms with E-state index in [4.69, 9.17) is 0 Å². The van der Waals surface area contributed by atoms with E-state index in [1.165, 1.54) is 11.9 Å². The van der Waals surface area contributed by atoms with E-state index in [0.29, 0.717) is 18.8 Å².